The number of hydrogen-bond donors (Lipinski definition) is 1. The number of amidine groups is 1. The first-order valence-corrected chi connectivity index (χ1v) is 6.20. The first-order chi connectivity index (χ1) is 7.08. The average Bonchev–Trinajstić information content (AvgIpc) is 2.59. The molecule has 0 aromatic rings. The van der Waals surface area contributed by atoms with E-state index in [1.165, 1.54) is 0 Å². The molecular formula is C11H14ClIN2. The highest BCUT2D eigenvalue weighted by Crippen LogP contribution is 2.26. The molecule has 0 radical (unpaired) electrons. The third kappa shape index (κ3) is 3.34. The second-order valence-corrected chi connectivity index (χ2v) is 4.91. The van der Waals surface area contributed by atoms with Crippen LogP contribution < -0.4 is 5.32 Å². The van der Waals surface area contributed by atoms with Crippen molar-refractivity contribution >= 4 is 40.0 Å². The molecule has 1 aliphatic rings. The molecule has 0 unspecified atom stereocenters. The van der Waals surface area contributed by atoms with Gasteiger partial charge >= 0.3 is 0 Å². The molecule has 4 heteroatoms. The lowest BCUT2D eigenvalue weighted by atomic mass is 10.1. The summed E-state index contributed by atoms with van der Waals surface area (Å²) in [6.07, 6.45) is 3.69. The molecule has 0 spiro atoms. The van der Waals surface area contributed by atoms with E-state index in [-0.39, 0.29) is 0 Å². The summed E-state index contributed by atoms with van der Waals surface area (Å²) in [7, 11) is 1.75. The summed E-state index contributed by atoms with van der Waals surface area (Å²) in [5.41, 5.74) is 2.12. The Balaban J connectivity index is 2.92. The second kappa shape index (κ2) is 5.70. The van der Waals surface area contributed by atoms with E-state index < -0.39 is 0 Å². The number of aliphatic imine (C=N–C) groups is 1. The van der Waals surface area contributed by atoms with Crippen LogP contribution in [0.15, 0.2) is 37.5 Å². The van der Waals surface area contributed by atoms with E-state index in [1.807, 2.05) is 6.08 Å². The highest BCUT2D eigenvalue weighted by atomic mass is 127. The Labute approximate surface area is 109 Å². The molecule has 0 aromatic heterocycles. The topological polar surface area (TPSA) is 24.4 Å². The van der Waals surface area contributed by atoms with Gasteiger partial charge in [-0.15, -0.1) is 0 Å². The van der Waals surface area contributed by atoms with Gasteiger partial charge in [0.2, 0.25) is 0 Å². The van der Waals surface area contributed by atoms with Gasteiger partial charge in [-0.2, -0.15) is 0 Å². The van der Waals surface area contributed by atoms with Gasteiger partial charge in [0, 0.05) is 24.1 Å². The Morgan fingerprint density at radius 2 is 2.33 bits per heavy atom. The fourth-order valence-electron chi connectivity index (χ4n) is 1.23. The van der Waals surface area contributed by atoms with Crippen LogP contribution in [0.4, 0.5) is 0 Å². The molecule has 1 rings (SSSR count). The Morgan fingerprint density at radius 3 is 2.87 bits per heavy atom. The fraction of sp³-hybridized carbons (Fsp3) is 0.364. The number of hydrogen-bond acceptors (Lipinski definition) is 1. The first-order valence-electron chi connectivity index (χ1n) is 4.75. The van der Waals surface area contributed by atoms with Crippen molar-refractivity contribution in [3.8, 4) is 0 Å². The summed E-state index contributed by atoms with van der Waals surface area (Å²) in [6.45, 7) is 6.03. The van der Waals surface area contributed by atoms with Crippen molar-refractivity contribution in [3.05, 3.63) is 32.5 Å². The number of halogens is 2. The van der Waals surface area contributed by atoms with Crippen LogP contribution in [-0.2, 0) is 0 Å². The van der Waals surface area contributed by atoms with Crippen molar-refractivity contribution in [1.29, 1.82) is 0 Å². The van der Waals surface area contributed by atoms with E-state index in [0.717, 1.165) is 38.6 Å². The third-order valence-corrected chi connectivity index (χ3v) is 3.10. The molecule has 1 N–H and O–H groups in total. The van der Waals surface area contributed by atoms with Gasteiger partial charge in [0.1, 0.15) is 5.84 Å². The maximum absolute atomic E-state index is 6.25. The van der Waals surface area contributed by atoms with Crippen molar-refractivity contribution in [2.45, 2.75) is 19.8 Å². The molecule has 0 saturated carbocycles. The summed E-state index contributed by atoms with van der Waals surface area (Å²) in [5.74, 6) is 0.841. The van der Waals surface area contributed by atoms with Gasteiger partial charge < -0.3 is 5.32 Å². The van der Waals surface area contributed by atoms with Gasteiger partial charge in [0.05, 0.1) is 3.70 Å². The first kappa shape index (κ1) is 12.8. The van der Waals surface area contributed by atoms with E-state index in [9.17, 15) is 0 Å². The minimum atomic E-state index is 0.731. The summed E-state index contributed by atoms with van der Waals surface area (Å²) < 4.78 is 1.04. The van der Waals surface area contributed by atoms with Gasteiger partial charge in [0.25, 0.3) is 0 Å². The van der Waals surface area contributed by atoms with E-state index in [1.54, 1.807) is 7.05 Å². The van der Waals surface area contributed by atoms with E-state index in [4.69, 9.17) is 11.6 Å². The molecule has 2 nitrogen and oxygen atoms in total. The normalized spacial score (nSPS) is 21.3. The van der Waals surface area contributed by atoms with Gasteiger partial charge in [-0.1, -0.05) is 30.7 Å². The van der Waals surface area contributed by atoms with Crippen LogP contribution >= 0.6 is 34.2 Å². The molecule has 82 valence electrons. The molecule has 0 aromatic carbocycles. The van der Waals surface area contributed by atoms with Gasteiger partial charge in [-0.3, -0.25) is 4.99 Å². The minimum absolute atomic E-state index is 0.731. The van der Waals surface area contributed by atoms with Crippen LogP contribution in [-0.4, -0.2) is 12.9 Å². The van der Waals surface area contributed by atoms with E-state index in [0.29, 0.717) is 0 Å². The molecule has 0 fully saturated rings. The zero-order valence-corrected chi connectivity index (χ0v) is 11.8. The summed E-state index contributed by atoms with van der Waals surface area (Å²) in [4.78, 5) is 4.15. The quantitative estimate of drug-likeness (QED) is 0.474. The van der Waals surface area contributed by atoms with Crippen LogP contribution in [0.3, 0.4) is 0 Å². The predicted molar refractivity (Wildman–Crippen MR) is 75.5 cm³/mol. The Morgan fingerprint density at radius 1 is 1.67 bits per heavy atom. The fourth-order valence-corrected chi connectivity index (χ4v) is 2.13. The maximum Gasteiger partial charge on any atom is 0.134 e. The highest BCUT2D eigenvalue weighted by molar-refractivity contribution is 14.1. The molecule has 0 amide bonds. The average molecular weight is 337 g/mol. The lowest BCUT2D eigenvalue weighted by molar-refractivity contribution is 1.03. The smallest absolute Gasteiger partial charge is 0.134 e. The van der Waals surface area contributed by atoms with Crippen LogP contribution in [0.2, 0.25) is 0 Å². The van der Waals surface area contributed by atoms with Gasteiger partial charge in [-0.25, -0.2) is 0 Å². The third-order valence-electron chi connectivity index (χ3n) is 2.19. The molecule has 1 aliphatic heterocycles. The maximum atomic E-state index is 6.25. The predicted octanol–water partition coefficient (Wildman–Crippen LogP) is 3.74. The molecule has 0 bridgehead atoms. The van der Waals surface area contributed by atoms with Crippen molar-refractivity contribution < 1.29 is 0 Å². The number of nitrogens with one attached hydrogen (secondary N) is 1. The largest absolute Gasteiger partial charge is 0.335 e. The molecule has 15 heavy (non-hydrogen) atoms. The highest BCUT2D eigenvalue weighted by Gasteiger charge is 2.17. The van der Waals surface area contributed by atoms with Crippen LogP contribution in [0.5, 0.6) is 0 Å². The Bertz CT molecular complexity index is 367. The summed E-state index contributed by atoms with van der Waals surface area (Å²) in [6, 6.07) is 0. The van der Waals surface area contributed by atoms with Crippen molar-refractivity contribution in [3.63, 3.8) is 0 Å². The molecule has 0 aliphatic carbocycles. The van der Waals surface area contributed by atoms with Gasteiger partial charge in [0.15, 0.2) is 0 Å². The van der Waals surface area contributed by atoms with Crippen LogP contribution in [0.1, 0.15) is 19.8 Å². The standard InChI is InChI=1S/C11H14ClIN2/c1-4-7(2)5-9(12)8-6-10(13)15-11(8)14-3/h6H,2,4-5H2,1,3H3,(H,14,15)/b9-8+. The lowest BCUT2D eigenvalue weighted by Gasteiger charge is -2.05. The SMILES string of the molecule is C=C(CC)C/C(Cl)=C1/C=C(I)N/C1=N/C. The second-order valence-electron chi connectivity index (χ2n) is 3.29. The summed E-state index contributed by atoms with van der Waals surface area (Å²) in [5, 5.41) is 3.96. The zero-order valence-electron chi connectivity index (χ0n) is 8.90. The molecule has 0 saturated heterocycles. The Kier molecular flexibility index (Phi) is 4.86. The van der Waals surface area contributed by atoms with Crippen molar-refractivity contribution in [2.24, 2.45) is 4.99 Å². The van der Waals surface area contributed by atoms with Crippen molar-refractivity contribution in [1.82, 2.24) is 5.32 Å². The molecule has 1 heterocycles. The van der Waals surface area contributed by atoms with Crippen LogP contribution in [0.25, 0.3) is 0 Å². The van der Waals surface area contributed by atoms with E-state index in [2.05, 4.69) is 46.4 Å². The van der Waals surface area contributed by atoms with E-state index >= 15 is 0 Å². The summed E-state index contributed by atoms with van der Waals surface area (Å²) >= 11 is 8.47. The number of allylic oxidation sites excluding steroid dienone is 2. The number of nitrogens with zero attached hydrogens (tertiary/aromatic N) is 1. The zero-order chi connectivity index (χ0) is 11.4. The molecular weight excluding hydrogens is 322 g/mol. The van der Waals surface area contributed by atoms with Gasteiger partial charge in [-0.05, 0) is 35.1 Å². The lowest BCUT2D eigenvalue weighted by Crippen LogP contribution is -2.15. The van der Waals surface area contributed by atoms with Crippen molar-refractivity contribution in [2.75, 3.05) is 7.05 Å². The van der Waals surface area contributed by atoms with Crippen LogP contribution in [0, 0.1) is 0 Å². The molecule has 0 atom stereocenters. The Hall–Kier alpha value is -0.290. The monoisotopic (exact) mass is 336 g/mol. The number of rotatable bonds is 3. The minimum Gasteiger partial charge on any atom is -0.335 e.